The number of hydrogen-bond acceptors (Lipinski definition) is 2. The van der Waals surface area contributed by atoms with Crippen LogP contribution in [0.5, 0.6) is 0 Å². The van der Waals surface area contributed by atoms with Crippen LogP contribution in [0.2, 0.25) is 16.6 Å². The average Bonchev–Trinajstić information content (AvgIpc) is 2.87. The maximum absolute atomic E-state index is 14.6. The molecule has 32 heavy (non-hydrogen) atoms. The predicted molar refractivity (Wildman–Crippen MR) is 138 cm³/mol. The van der Waals surface area contributed by atoms with Gasteiger partial charge in [0.15, 0.2) is 0 Å². The van der Waals surface area contributed by atoms with Crippen LogP contribution >= 0.6 is 0 Å². The van der Waals surface area contributed by atoms with E-state index in [0.717, 1.165) is 21.8 Å². The van der Waals surface area contributed by atoms with Gasteiger partial charge in [-0.15, -0.1) is 5.54 Å². The van der Waals surface area contributed by atoms with Crippen molar-refractivity contribution in [3.8, 4) is 11.5 Å². The summed E-state index contributed by atoms with van der Waals surface area (Å²) in [6, 6.07) is 9.05. The molecule has 1 aliphatic rings. The molecular formula is C27H38BFO2Si. The Kier molecular flexibility index (Phi) is 6.75. The fourth-order valence-electron chi connectivity index (χ4n) is 5.29. The fourth-order valence-corrected chi connectivity index (χ4v) is 10.5. The number of rotatable bonds is 4. The van der Waals surface area contributed by atoms with Crippen LogP contribution in [0.25, 0.3) is 10.8 Å². The van der Waals surface area contributed by atoms with Crippen LogP contribution in [0.1, 0.15) is 74.8 Å². The average molecular weight is 452 g/mol. The summed E-state index contributed by atoms with van der Waals surface area (Å²) >= 11 is 0. The summed E-state index contributed by atoms with van der Waals surface area (Å²) in [6.07, 6.45) is 0. The molecule has 0 amide bonds. The van der Waals surface area contributed by atoms with Crippen LogP contribution in [0, 0.1) is 17.3 Å². The summed E-state index contributed by atoms with van der Waals surface area (Å²) in [5, 5.41) is 1.76. The van der Waals surface area contributed by atoms with Gasteiger partial charge in [-0.2, -0.15) is 0 Å². The standard InChI is InChI=1S/C27H38BFO2Si/c1-18(2)32(19(3)4,20(5)6)15-14-22-17-23(29)16-21-12-11-13-24(25(21)22)28-30-26(7,8)27(9,10)31-28/h11-13,16-20H,1-10H3. The van der Waals surface area contributed by atoms with Gasteiger partial charge in [-0.25, -0.2) is 4.39 Å². The Bertz CT molecular complexity index is 1020. The minimum absolute atomic E-state index is 0.265. The summed E-state index contributed by atoms with van der Waals surface area (Å²) in [5.41, 5.74) is 6.04. The number of fused-ring (bicyclic) bond motifs is 1. The minimum atomic E-state index is -1.96. The van der Waals surface area contributed by atoms with Gasteiger partial charge in [0.05, 0.1) is 11.2 Å². The second-order valence-corrected chi connectivity index (χ2v) is 16.7. The maximum atomic E-state index is 14.6. The molecule has 2 aromatic carbocycles. The van der Waals surface area contributed by atoms with E-state index in [4.69, 9.17) is 9.31 Å². The van der Waals surface area contributed by atoms with Crippen LogP contribution < -0.4 is 5.46 Å². The summed E-state index contributed by atoms with van der Waals surface area (Å²) in [7, 11) is -2.47. The molecule has 0 atom stereocenters. The lowest BCUT2D eigenvalue weighted by Gasteiger charge is -2.38. The highest BCUT2D eigenvalue weighted by atomic mass is 28.3. The molecule has 0 spiro atoms. The highest BCUT2D eigenvalue weighted by Crippen LogP contribution is 2.41. The molecule has 3 rings (SSSR count). The quantitative estimate of drug-likeness (QED) is 0.373. The highest BCUT2D eigenvalue weighted by molar-refractivity contribution is 6.90. The zero-order chi connectivity index (χ0) is 24.1. The zero-order valence-corrected chi connectivity index (χ0v) is 22.4. The molecule has 0 radical (unpaired) electrons. The Morgan fingerprint density at radius 1 is 0.875 bits per heavy atom. The second-order valence-electron chi connectivity index (χ2n) is 11.1. The molecule has 1 aliphatic heterocycles. The van der Waals surface area contributed by atoms with E-state index in [-0.39, 0.29) is 5.82 Å². The smallest absolute Gasteiger partial charge is 0.399 e. The Morgan fingerprint density at radius 2 is 1.41 bits per heavy atom. The second kappa shape index (κ2) is 8.63. The first-order valence-corrected chi connectivity index (χ1v) is 14.1. The Hall–Kier alpha value is -1.61. The normalized spacial score (nSPS) is 18.0. The first-order chi connectivity index (χ1) is 14.7. The molecule has 1 fully saturated rings. The molecule has 1 saturated heterocycles. The van der Waals surface area contributed by atoms with Gasteiger partial charge < -0.3 is 9.31 Å². The lowest BCUT2D eigenvalue weighted by molar-refractivity contribution is 0.00578. The van der Waals surface area contributed by atoms with Crippen LogP contribution in [-0.4, -0.2) is 26.4 Å². The molecule has 0 N–H and O–H groups in total. The summed E-state index contributed by atoms with van der Waals surface area (Å²) < 4.78 is 27.3. The van der Waals surface area contributed by atoms with E-state index >= 15 is 0 Å². The van der Waals surface area contributed by atoms with Crippen molar-refractivity contribution >= 4 is 31.4 Å². The first kappa shape index (κ1) is 25.0. The molecule has 0 aliphatic carbocycles. The third-order valence-electron chi connectivity index (χ3n) is 7.76. The topological polar surface area (TPSA) is 18.5 Å². The van der Waals surface area contributed by atoms with Crippen molar-refractivity contribution in [2.75, 3.05) is 0 Å². The lowest BCUT2D eigenvalue weighted by Crippen LogP contribution is -2.43. The van der Waals surface area contributed by atoms with Crippen LogP contribution in [0.15, 0.2) is 30.3 Å². The van der Waals surface area contributed by atoms with Gasteiger partial charge in [0.2, 0.25) is 0 Å². The first-order valence-electron chi connectivity index (χ1n) is 11.8. The van der Waals surface area contributed by atoms with Crippen LogP contribution in [0.4, 0.5) is 4.39 Å². The van der Waals surface area contributed by atoms with Crippen molar-refractivity contribution in [1.29, 1.82) is 0 Å². The van der Waals surface area contributed by atoms with Crippen molar-refractivity contribution in [2.45, 2.75) is 97.1 Å². The third kappa shape index (κ3) is 4.18. The van der Waals surface area contributed by atoms with Crippen LogP contribution in [-0.2, 0) is 9.31 Å². The van der Waals surface area contributed by atoms with E-state index in [2.05, 4.69) is 53.0 Å². The van der Waals surface area contributed by atoms with E-state index < -0.39 is 26.4 Å². The largest absolute Gasteiger partial charge is 0.495 e. The van der Waals surface area contributed by atoms with Gasteiger partial charge in [0, 0.05) is 5.56 Å². The predicted octanol–water partition coefficient (Wildman–Crippen LogP) is 6.85. The Labute approximate surface area is 195 Å². The molecule has 0 saturated carbocycles. The third-order valence-corrected chi connectivity index (χ3v) is 14.1. The molecule has 172 valence electrons. The SMILES string of the molecule is CC(C)[Si](C#Cc1cc(F)cc2cccc(B3OC(C)(C)C(C)(C)O3)c12)(C(C)C)C(C)C. The molecule has 2 aromatic rings. The van der Waals surface area contributed by atoms with Crippen molar-refractivity contribution in [1.82, 2.24) is 0 Å². The molecule has 1 heterocycles. The van der Waals surface area contributed by atoms with Gasteiger partial charge in [-0.1, -0.05) is 65.7 Å². The Balaban J connectivity index is 2.24. The number of halogens is 1. The number of hydrogen-bond donors (Lipinski definition) is 0. The summed E-state index contributed by atoms with van der Waals surface area (Å²) in [6.45, 7) is 21.9. The summed E-state index contributed by atoms with van der Waals surface area (Å²) in [4.78, 5) is 0. The molecule has 0 unspecified atom stereocenters. The van der Waals surface area contributed by atoms with Crippen molar-refractivity contribution in [2.24, 2.45) is 0 Å². The van der Waals surface area contributed by atoms with Crippen molar-refractivity contribution in [3.63, 3.8) is 0 Å². The van der Waals surface area contributed by atoms with Crippen molar-refractivity contribution < 1.29 is 13.7 Å². The highest BCUT2D eigenvalue weighted by Gasteiger charge is 2.52. The zero-order valence-electron chi connectivity index (χ0n) is 21.4. The molecule has 5 heteroatoms. The molecular weight excluding hydrogens is 414 g/mol. The minimum Gasteiger partial charge on any atom is -0.399 e. The lowest BCUT2D eigenvalue weighted by atomic mass is 9.75. The molecule has 2 nitrogen and oxygen atoms in total. The van der Waals surface area contributed by atoms with E-state index in [1.54, 1.807) is 12.1 Å². The van der Waals surface area contributed by atoms with Gasteiger partial charge in [0.1, 0.15) is 13.9 Å². The van der Waals surface area contributed by atoms with Gasteiger partial charge in [-0.05, 0) is 72.7 Å². The van der Waals surface area contributed by atoms with E-state index in [0.29, 0.717) is 16.6 Å². The molecule has 0 bridgehead atoms. The molecule has 0 aromatic heterocycles. The Morgan fingerprint density at radius 3 is 1.91 bits per heavy atom. The van der Waals surface area contributed by atoms with E-state index in [1.165, 1.54) is 0 Å². The van der Waals surface area contributed by atoms with E-state index in [9.17, 15) is 4.39 Å². The van der Waals surface area contributed by atoms with Gasteiger partial charge >= 0.3 is 7.12 Å². The maximum Gasteiger partial charge on any atom is 0.495 e. The summed E-state index contributed by atoms with van der Waals surface area (Å²) in [5.74, 6) is 3.21. The van der Waals surface area contributed by atoms with Crippen LogP contribution in [0.3, 0.4) is 0 Å². The monoisotopic (exact) mass is 452 g/mol. The van der Waals surface area contributed by atoms with Gasteiger partial charge in [0.25, 0.3) is 0 Å². The number of benzene rings is 2. The van der Waals surface area contributed by atoms with E-state index in [1.807, 2.05) is 45.9 Å². The van der Waals surface area contributed by atoms with Gasteiger partial charge in [-0.3, -0.25) is 0 Å². The fraction of sp³-hybridized carbons (Fsp3) is 0.556. The van der Waals surface area contributed by atoms with Crippen molar-refractivity contribution in [3.05, 3.63) is 41.7 Å².